The van der Waals surface area contributed by atoms with E-state index >= 15 is 0 Å². The molecule has 1 fully saturated rings. The largest absolute Gasteiger partial charge is 0.465 e. The summed E-state index contributed by atoms with van der Waals surface area (Å²) in [7, 11) is 0. The van der Waals surface area contributed by atoms with Crippen LogP contribution in [-0.4, -0.2) is 35.3 Å². The molecule has 1 aliphatic heterocycles. The predicted octanol–water partition coefficient (Wildman–Crippen LogP) is 5.95. The summed E-state index contributed by atoms with van der Waals surface area (Å²) in [6, 6.07) is 10.1. The van der Waals surface area contributed by atoms with Crippen molar-refractivity contribution in [2.24, 2.45) is 0 Å². The van der Waals surface area contributed by atoms with E-state index in [-0.39, 0.29) is 24.7 Å². The summed E-state index contributed by atoms with van der Waals surface area (Å²) in [5.74, 6) is -0.410. The Morgan fingerprint density at radius 1 is 1.00 bits per heavy atom. The lowest BCUT2D eigenvalue weighted by Gasteiger charge is -2.25. The highest BCUT2D eigenvalue weighted by molar-refractivity contribution is 5.65. The number of carboxylic acid groups (broad SMARTS) is 1. The molecule has 1 aliphatic rings. The third kappa shape index (κ3) is 5.30. The van der Waals surface area contributed by atoms with Crippen LogP contribution in [0.1, 0.15) is 41.2 Å². The number of likely N-dealkylation sites (tertiary alicyclic amines) is 1. The van der Waals surface area contributed by atoms with Gasteiger partial charge in [-0.15, -0.1) is 0 Å². The van der Waals surface area contributed by atoms with E-state index in [1.165, 1.54) is 6.92 Å². The SMILES string of the molecule is C[C@@H](O[C@H]1CN(C(=O)O)C[C@@H]1c1ccccc1)c1cc(C(F)(F)F)cc(C(F)(F)F)c1. The minimum Gasteiger partial charge on any atom is -0.465 e. The minimum absolute atomic E-state index is 0.0513. The molecular weight excluding hydrogens is 428 g/mol. The first kappa shape index (κ1) is 22.9. The number of benzene rings is 2. The molecule has 0 radical (unpaired) electrons. The van der Waals surface area contributed by atoms with Crippen LogP contribution in [0.15, 0.2) is 48.5 Å². The van der Waals surface area contributed by atoms with Gasteiger partial charge in [-0.25, -0.2) is 4.79 Å². The lowest BCUT2D eigenvalue weighted by molar-refractivity contribution is -0.143. The van der Waals surface area contributed by atoms with E-state index in [1.807, 2.05) is 0 Å². The minimum atomic E-state index is -4.96. The van der Waals surface area contributed by atoms with Gasteiger partial charge in [-0.1, -0.05) is 30.3 Å². The van der Waals surface area contributed by atoms with Crippen molar-refractivity contribution in [2.75, 3.05) is 13.1 Å². The fraction of sp³-hybridized carbons (Fsp3) is 0.381. The molecule has 1 heterocycles. The van der Waals surface area contributed by atoms with Crippen molar-refractivity contribution in [3.05, 3.63) is 70.8 Å². The Morgan fingerprint density at radius 2 is 1.55 bits per heavy atom. The first-order valence-electron chi connectivity index (χ1n) is 9.34. The van der Waals surface area contributed by atoms with Gasteiger partial charge in [0, 0.05) is 12.5 Å². The van der Waals surface area contributed by atoms with Crippen LogP contribution >= 0.6 is 0 Å². The lowest BCUT2D eigenvalue weighted by Crippen LogP contribution is -2.28. The van der Waals surface area contributed by atoms with Gasteiger partial charge < -0.3 is 14.7 Å². The van der Waals surface area contributed by atoms with Crippen LogP contribution in [0, 0.1) is 0 Å². The fourth-order valence-corrected chi connectivity index (χ4v) is 3.64. The van der Waals surface area contributed by atoms with E-state index in [9.17, 15) is 36.2 Å². The molecule has 0 spiro atoms. The third-order valence-electron chi connectivity index (χ3n) is 5.22. The van der Waals surface area contributed by atoms with Gasteiger partial charge in [-0.3, -0.25) is 0 Å². The maximum Gasteiger partial charge on any atom is 0.416 e. The number of halogens is 6. The zero-order chi connectivity index (χ0) is 23.0. The molecule has 3 atom stereocenters. The molecule has 0 aliphatic carbocycles. The smallest absolute Gasteiger partial charge is 0.416 e. The molecule has 2 aromatic rings. The summed E-state index contributed by atoms with van der Waals surface area (Å²) < 4.78 is 84.7. The van der Waals surface area contributed by atoms with Crippen molar-refractivity contribution in [1.82, 2.24) is 4.90 Å². The molecule has 168 valence electrons. The maximum atomic E-state index is 13.1. The monoisotopic (exact) mass is 447 g/mol. The fourth-order valence-electron chi connectivity index (χ4n) is 3.64. The second kappa shape index (κ2) is 8.41. The molecule has 1 amide bonds. The highest BCUT2D eigenvalue weighted by atomic mass is 19.4. The number of nitrogens with zero attached hydrogens (tertiary/aromatic N) is 1. The summed E-state index contributed by atoms with van der Waals surface area (Å²) in [5.41, 5.74) is -2.37. The van der Waals surface area contributed by atoms with Crippen molar-refractivity contribution >= 4 is 6.09 Å². The van der Waals surface area contributed by atoms with Crippen LogP contribution in [-0.2, 0) is 17.1 Å². The Morgan fingerprint density at radius 3 is 2.03 bits per heavy atom. The van der Waals surface area contributed by atoms with Crippen molar-refractivity contribution < 1.29 is 41.0 Å². The standard InChI is InChI=1S/C21H19F6NO3/c1-12(14-7-15(20(22,23)24)9-16(8-14)21(25,26)27)31-18-11-28(19(29)30)10-17(18)13-5-3-2-4-6-13/h2-9,12,17-18H,10-11H2,1H3,(H,29,30)/t12-,17-,18+/m1/s1. The Kier molecular flexibility index (Phi) is 6.22. The average molecular weight is 447 g/mol. The quantitative estimate of drug-likeness (QED) is 0.590. The molecule has 0 bridgehead atoms. The van der Waals surface area contributed by atoms with Gasteiger partial charge >= 0.3 is 18.4 Å². The average Bonchev–Trinajstić information content (AvgIpc) is 3.11. The molecule has 0 aromatic heterocycles. The van der Waals surface area contributed by atoms with Crippen LogP contribution in [0.3, 0.4) is 0 Å². The molecule has 3 rings (SSSR count). The second-order valence-electron chi connectivity index (χ2n) is 7.36. The van der Waals surface area contributed by atoms with Gasteiger partial charge in [0.25, 0.3) is 0 Å². The van der Waals surface area contributed by atoms with Crippen molar-refractivity contribution in [1.29, 1.82) is 0 Å². The summed E-state index contributed by atoms with van der Waals surface area (Å²) in [6.07, 6.45) is -13.0. The van der Waals surface area contributed by atoms with E-state index in [0.29, 0.717) is 12.1 Å². The molecule has 2 aromatic carbocycles. The van der Waals surface area contributed by atoms with E-state index in [1.54, 1.807) is 30.3 Å². The highest BCUT2D eigenvalue weighted by Crippen LogP contribution is 2.39. The van der Waals surface area contributed by atoms with Gasteiger partial charge in [0.2, 0.25) is 0 Å². The number of amides is 1. The van der Waals surface area contributed by atoms with Crippen LogP contribution in [0.5, 0.6) is 0 Å². The number of hydrogen-bond acceptors (Lipinski definition) is 2. The van der Waals surface area contributed by atoms with Gasteiger partial charge in [-0.05, 0) is 36.2 Å². The van der Waals surface area contributed by atoms with Crippen molar-refractivity contribution in [2.45, 2.75) is 37.4 Å². The second-order valence-corrected chi connectivity index (χ2v) is 7.36. The Hall–Kier alpha value is -2.75. The molecule has 0 saturated carbocycles. The van der Waals surface area contributed by atoms with Gasteiger partial charge in [-0.2, -0.15) is 26.3 Å². The number of carbonyl (C=O) groups is 1. The van der Waals surface area contributed by atoms with Crippen LogP contribution in [0.25, 0.3) is 0 Å². The predicted molar refractivity (Wildman–Crippen MR) is 98.5 cm³/mol. The summed E-state index contributed by atoms with van der Waals surface area (Å²) >= 11 is 0. The first-order chi connectivity index (χ1) is 14.4. The third-order valence-corrected chi connectivity index (χ3v) is 5.22. The number of hydrogen-bond donors (Lipinski definition) is 1. The summed E-state index contributed by atoms with van der Waals surface area (Å²) in [5, 5.41) is 9.32. The normalized spacial score (nSPS) is 20.7. The molecule has 4 nitrogen and oxygen atoms in total. The molecule has 0 unspecified atom stereocenters. The molecular formula is C21H19F6NO3. The van der Waals surface area contributed by atoms with Crippen molar-refractivity contribution in [3.63, 3.8) is 0 Å². The Labute approximate surface area is 174 Å². The number of rotatable bonds is 4. The van der Waals surface area contributed by atoms with E-state index in [0.717, 1.165) is 10.5 Å². The first-order valence-corrected chi connectivity index (χ1v) is 9.34. The van der Waals surface area contributed by atoms with Crippen molar-refractivity contribution in [3.8, 4) is 0 Å². The topological polar surface area (TPSA) is 49.8 Å². The molecule has 10 heteroatoms. The number of alkyl halides is 6. The van der Waals surface area contributed by atoms with Crippen LogP contribution < -0.4 is 0 Å². The summed E-state index contributed by atoms with van der Waals surface area (Å²) in [4.78, 5) is 12.5. The molecule has 1 saturated heterocycles. The number of ether oxygens (including phenoxy) is 1. The van der Waals surface area contributed by atoms with Gasteiger partial charge in [0.05, 0.1) is 29.9 Å². The Bertz CT molecular complexity index is 897. The van der Waals surface area contributed by atoms with E-state index in [4.69, 9.17) is 4.74 Å². The zero-order valence-corrected chi connectivity index (χ0v) is 16.2. The summed E-state index contributed by atoms with van der Waals surface area (Å²) in [6.45, 7) is 1.40. The molecule has 31 heavy (non-hydrogen) atoms. The van der Waals surface area contributed by atoms with Crippen LogP contribution in [0.4, 0.5) is 31.1 Å². The molecule has 1 N–H and O–H groups in total. The maximum absolute atomic E-state index is 13.1. The Balaban J connectivity index is 1.91. The lowest BCUT2D eigenvalue weighted by atomic mass is 9.95. The van der Waals surface area contributed by atoms with E-state index < -0.39 is 47.7 Å². The van der Waals surface area contributed by atoms with E-state index in [2.05, 4.69) is 0 Å². The zero-order valence-electron chi connectivity index (χ0n) is 16.2. The highest BCUT2D eigenvalue weighted by Gasteiger charge is 2.40. The van der Waals surface area contributed by atoms with Gasteiger partial charge in [0.15, 0.2) is 0 Å². The van der Waals surface area contributed by atoms with Crippen LogP contribution in [0.2, 0.25) is 0 Å². The van der Waals surface area contributed by atoms with Gasteiger partial charge in [0.1, 0.15) is 0 Å².